The number of hydrogen-bond donors (Lipinski definition) is 0. The molecule has 0 aliphatic rings. The van der Waals surface area contributed by atoms with Crippen molar-refractivity contribution in [1.29, 1.82) is 0 Å². The van der Waals surface area contributed by atoms with Gasteiger partial charge in [-0.05, 0) is 23.6 Å². The van der Waals surface area contributed by atoms with Gasteiger partial charge < -0.3 is 0 Å². The Kier molecular flexibility index (Phi) is 2.54. The Morgan fingerprint density at radius 3 is 2.67 bits per heavy atom. The molecule has 0 aliphatic carbocycles. The molecule has 3 heteroatoms. The van der Waals surface area contributed by atoms with Crippen molar-refractivity contribution < 1.29 is 0 Å². The maximum Gasteiger partial charge on any atom is 0.0694 e. The summed E-state index contributed by atoms with van der Waals surface area (Å²) >= 11 is 0. The number of hydrogen-bond acceptors (Lipinski definition) is 2. The minimum Gasteiger partial charge on any atom is -0.268 e. The van der Waals surface area contributed by atoms with Gasteiger partial charge in [0.2, 0.25) is 0 Å². The largest absolute Gasteiger partial charge is 0.268 e. The van der Waals surface area contributed by atoms with Crippen LogP contribution in [0.25, 0.3) is 11.3 Å². The van der Waals surface area contributed by atoms with Crippen LogP contribution in [0.5, 0.6) is 0 Å². The normalized spacial score (nSPS) is 10.9. The summed E-state index contributed by atoms with van der Waals surface area (Å²) in [6.45, 7) is 4.34. The molecule has 78 valence electrons. The fourth-order valence-corrected chi connectivity index (χ4v) is 1.57. The molecule has 3 nitrogen and oxygen atoms in total. The highest BCUT2D eigenvalue weighted by atomic mass is 15.3. The standard InChI is InChI=1S/C12H15N3/c1-9(2)10-6-11(8-13-7-10)12-4-5-14-15(12)3/h4-9H,1-3H3. The summed E-state index contributed by atoms with van der Waals surface area (Å²) in [5.41, 5.74) is 3.49. The van der Waals surface area contributed by atoms with Crippen LogP contribution in [0.2, 0.25) is 0 Å². The molecule has 15 heavy (non-hydrogen) atoms. The van der Waals surface area contributed by atoms with Gasteiger partial charge in [0.15, 0.2) is 0 Å². The molecule has 0 aliphatic heterocycles. The van der Waals surface area contributed by atoms with Crippen LogP contribution in [-0.4, -0.2) is 14.8 Å². The van der Waals surface area contributed by atoms with Gasteiger partial charge >= 0.3 is 0 Å². The Bertz CT molecular complexity index is 457. The summed E-state index contributed by atoms with van der Waals surface area (Å²) in [5.74, 6) is 0.505. The first-order chi connectivity index (χ1) is 7.18. The van der Waals surface area contributed by atoms with E-state index in [0.717, 1.165) is 11.3 Å². The zero-order chi connectivity index (χ0) is 10.8. The summed E-state index contributed by atoms with van der Waals surface area (Å²) in [5, 5.41) is 4.16. The smallest absolute Gasteiger partial charge is 0.0694 e. The molecule has 0 bridgehead atoms. The summed E-state index contributed by atoms with van der Waals surface area (Å²) in [6, 6.07) is 4.18. The first-order valence-corrected chi connectivity index (χ1v) is 5.12. The van der Waals surface area contributed by atoms with Gasteiger partial charge in [-0.1, -0.05) is 13.8 Å². The van der Waals surface area contributed by atoms with Crippen molar-refractivity contribution in [2.24, 2.45) is 7.05 Å². The highest BCUT2D eigenvalue weighted by Gasteiger charge is 2.05. The summed E-state index contributed by atoms with van der Waals surface area (Å²) in [6.07, 6.45) is 5.60. The van der Waals surface area contributed by atoms with Crippen LogP contribution in [0.4, 0.5) is 0 Å². The van der Waals surface area contributed by atoms with Gasteiger partial charge in [0.25, 0.3) is 0 Å². The minimum atomic E-state index is 0.505. The molecule has 0 saturated heterocycles. The average Bonchev–Trinajstić information content (AvgIpc) is 2.64. The van der Waals surface area contributed by atoms with Gasteiger partial charge in [0.1, 0.15) is 0 Å². The number of rotatable bonds is 2. The van der Waals surface area contributed by atoms with E-state index in [1.807, 2.05) is 30.2 Å². The molecule has 0 saturated carbocycles. The van der Waals surface area contributed by atoms with E-state index in [0.29, 0.717) is 5.92 Å². The van der Waals surface area contributed by atoms with Gasteiger partial charge in [-0.25, -0.2) is 0 Å². The second kappa shape index (κ2) is 3.85. The Balaban J connectivity index is 2.46. The van der Waals surface area contributed by atoms with E-state index in [-0.39, 0.29) is 0 Å². The van der Waals surface area contributed by atoms with E-state index in [1.54, 1.807) is 6.20 Å². The van der Waals surface area contributed by atoms with Crippen LogP contribution >= 0.6 is 0 Å². The maximum atomic E-state index is 4.26. The maximum absolute atomic E-state index is 4.26. The predicted octanol–water partition coefficient (Wildman–Crippen LogP) is 2.61. The lowest BCUT2D eigenvalue weighted by Crippen LogP contribution is -1.95. The third-order valence-corrected chi connectivity index (χ3v) is 2.54. The van der Waals surface area contributed by atoms with Crippen LogP contribution in [-0.2, 0) is 7.05 Å². The lowest BCUT2D eigenvalue weighted by Gasteiger charge is -2.07. The van der Waals surface area contributed by atoms with Crippen molar-refractivity contribution in [2.45, 2.75) is 19.8 Å². The zero-order valence-corrected chi connectivity index (χ0v) is 9.31. The molecule has 0 N–H and O–H groups in total. The van der Waals surface area contributed by atoms with E-state index >= 15 is 0 Å². The van der Waals surface area contributed by atoms with Crippen molar-refractivity contribution in [1.82, 2.24) is 14.8 Å². The minimum absolute atomic E-state index is 0.505. The van der Waals surface area contributed by atoms with Crippen molar-refractivity contribution in [2.75, 3.05) is 0 Å². The van der Waals surface area contributed by atoms with E-state index in [4.69, 9.17) is 0 Å². The molecule has 0 fully saturated rings. The fourth-order valence-electron chi connectivity index (χ4n) is 1.57. The number of aromatic nitrogens is 3. The van der Waals surface area contributed by atoms with Crippen LogP contribution in [0, 0.1) is 0 Å². The second-order valence-corrected chi connectivity index (χ2v) is 4.00. The first-order valence-electron chi connectivity index (χ1n) is 5.12. The highest BCUT2D eigenvalue weighted by molar-refractivity contribution is 5.58. The molecule has 0 spiro atoms. The number of pyridine rings is 1. The van der Waals surface area contributed by atoms with Crippen LogP contribution in [0.15, 0.2) is 30.7 Å². The predicted molar refractivity (Wildman–Crippen MR) is 60.5 cm³/mol. The monoisotopic (exact) mass is 201 g/mol. The van der Waals surface area contributed by atoms with E-state index in [2.05, 4.69) is 30.0 Å². The molecular weight excluding hydrogens is 186 g/mol. The fraction of sp³-hybridized carbons (Fsp3) is 0.333. The number of nitrogens with zero attached hydrogens (tertiary/aromatic N) is 3. The Hall–Kier alpha value is -1.64. The topological polar surface area (TPSA) is 30.7 Å². The van der Waals surface area contributed by atoms with Crippen molar-refractivity contribution in [3.05, 3.63) is 36.3 Å². The van der Waals surface area contributed by atoms with E-state index in [1.165, 1.54) is 5.56 Å². The van der Waals surface area contributed by atoms with Crippen LogP contribution < -0.4 is 0 Å². The molecular formula is C12H15N3. The van der Waals surface area contributed by atoms with Gasteiger partial charge in [-0.15, -0.1) is 0 Å². The SMILES string of the molecule is CC(C)c1cncc(-c2ccnn2C)c1. The molecule has 0 amide bonds. The Morgan fingerprint density at radius 2 is 2.07 bits per heavy atom. The van der Waals surface area contributed by atoms with E-state index < -0.39 is 0 Å². The lowest BCUT2D eigenvalue weighted by molar-refractivity contribution is 0.774. The molecule has 2 heterocycles. The molecule has 0 aromatic carbocycles. The van der Waals surface area contributed by atoms with Crippen molar-refractivity contribution in [3.63, 3.8) is 0 Å². The number of aryl methyl sites for hydroxylation is 1. The lowest BCUT2D eigenvalue weighted by atomic mass is 10.0. The first kappa shape index (κ1) is 9.90. The summed E-state index contributed by atoms with van der Waals surface area (Å²) < 4.78 is 1.86. The molecule has 2 rings (SSSR count). The quantitative estimate of drug-likeness (QED) is 0.747. The third-order valence-electron chi connectivity index (χ3n) is 2.54. The van der Waals surface area contributed by atoms with Crippen LogP contribution in [0.3, 0.4) is 0 Å². The van der Waals surface area contributed by atoms with Gasteiger partial charge in [0, 0.05) is 31.2 Å². The molecule has 0 radical (unpaired) electrons. The Morgan fingerprint density at radius 1 is 1.27 bits per heavy atom. The van der Waals surface area contributed by atoms with Crippen LogP contribution in [0.1, 0.15) is 25.3 Å². The highest BCUT2D eigenvalue weighted by Crippen LogP contribution is 2.21. The van der Waals surface area contributed by atoms with Gasteiger partial charge in [-0.2, -0.15) is 5.10 Å². The van der Waals surface area contributed by atoms with Gasteiger partial charge in [-0.3, -0.25) is 9.67 Å². The second-order valence-electron chi connectivity index (χ2n) is 4.00. The van der Waals surface area contributed by atoms with Crippen molar-refractivity contribution >= 4 is 0 Å². The van der Waals surface area contributed by atoms with Gasteiger partial charge in [0.05, 0.1) is 5.69 Å². The molecule has 2 aromatic rings. The molecule has 0 unspecified atom stereocenters. The average molecular weight is 201 g/mol. The van der Waals surface area contributed by atoms with E-state index in [9.17, 15) is 0 Å². The summed E-state index contributed by atoms with van der Waals surface area (Å²) in [4.78, 5) is 4.26. The van der Waals surface area contributed by atoms with Crippen molar-refractivity contribution in [3.8, 4) is 11.3 Å². The third kappa shape index (κ3) is 1.91. The zero-order valence-electron chi connectivity index (χ0n) is 9.31. The Labute approximate surface area is 89.8 Å². The molecule has 2 aromatic heterocycles. The summed E-state index contributed by atoms with van der Waals surface area (Å²) in [7, 11) is 1.94. The molecule has 0 atom stereocenters.